The lowest BCUT2D eigenvalue weighted by Crippen LogP contribution is -2.24. The molecule has 0 radical (unpaired) electrons. The molecular formula is C10H14N2O2. The molecule has 0 heterocycles. The molecule has 0 aliphatic carbocycles. The SMILES string of the molecule is CNC(=O)COc1ccc(N)c(C)c1. The Labute approximate surface area is 83.1 Å². The summed E-state index contributed by atoms with van der Waals surface area (Å²) in [6.45, 7) is 1.92. The maximum Gasteiger partial charge on any atom is 0.257 e. The number of nitrogens with two attached hydrogens (primary N) is 1. The van der Waals surface area contributed by atoms with E-state index in [0.717, 1.165) is 11.3 Å². The molecule has 0 unspecified atom stereocenters. The van der Waals surface area contributed by atoms with Crippen LogP contribution in [0.25, 0.3) is 0 Å². The summed E-state index contributed by atoms with van der Waals surface area (Å²) >= 11 is 0. The van der Waals surface area contributed by atoms with Crippen LogP contribution in [0.1, 0.15) is 5.56 Å². The zero-order valence-electron chi connectivity index (χ0n) is 8.33. The molecule has 0 saturated heterocycles. The molecule has 0 aliphatic heterocycles. The summed E-state index contributed by atoms with van der Waals surface area (Å²) in [7, 11) is 1.57. The number of carbonyl (C=O) groups excluding carboxylic acids is 1. The van der Waals surface area contributed by atoms with Crippen LogP contribution in [0, 0.1) is 6.92 Å². The average Bonchev–Trinajstić information content (AvgIpc) is 2.19. The lowest BCUT2D eigenvalue weighted by atomic mass is 10.2. The molecule has 1 aromatic carbocycles. The van der Waals surface area contributed by atoms with E-state index >= 15 is 0 Å². The molecule has 76 valence electrons. The van der Waals surface area contributed by atoms with Crippen molar-refractivity contribution in [1.29, 1.82) is 0 Å². The minimum absolute atomic E-state index is 0.0276. The molecule has 0 fully saturated rings. The Bertz CT molecular complexity index is 337. The maximum atomic E-state index is 10.9. The van der Waals surface area contributed by atoms with Crippen molar-refractivity contribution >= 4 is 11.6 Å². The number of anilines is 1. The lowest BCUT2D eigenvalue weighted by molar-refractivity contribution is -0.122. The Morgan fingerprint density at radius 3 is 2.86 bits per heavy atom. The molecule has 0 bridgehead atoms. The van der Waals surface area contributed by atoms with Gasteiger partial charge in [-0.25, -0.2) is 0 Å². The molecule has 4 heteroatoms. The van der Waals surface area contributed by atoms with Crippen LogP contribution in [0.2, 0.25) is 0 Å². The molecule has 14 heavy (non-hydrogen) atoms. The summed E-state index contributed by atoms with van der Waals surface area (Å²) in [5.74, 6) is 0.500. The van der Waals surface area contributed by atoms with E-state index in [-0.39, 0.29) is 12.5 Å². The number of likely N-dealkylation sites (N-methyl/N-ethyl adjacent to an activating group) is 1. The zero-order valence-corrected chi connectivity index (χ0v) is 8.33. The van der Waals surface area contributed by atoms with Gasteiger partial charge in [-0.1, -0.05) is 0 Å². The van der Waals surface area contributed by atoms with Gasteiger partial charge in [-0.15, -0.1) is 0 Å². The van der Waals surface area contributed by atoms with Gasteiger partial charge in [0.05, 0.1) is 0 Å². The van der Waals surface area contributed by atoms with E-state index in [2.05, 4.69) is 5.32 Å². The van der Waals surface area contributed by atoms with Gasteiger partial charge in [0.25, 0.3) is 5.91 Å². The minimum atomic E-state index is -0.153. The van der Waals surface area contributed by atoms with Crippen LogP contribution in [0.3, 0.4) is 0 Å². The predicted octanol–water partition coefficient (Wildman–Crippen LogP) is 0.702. The van der Waals surface area contributed by atoms with Crippen LogP contribution in [0.4, 0.5) is 5.69 Å². The molecule has 1 rings (SSSR count). The molecule has 1 aromatic rings. The van der Waals surface area contributed by atoms with Crippen LogP contribution in [-0.2, 0) is 4.79 Å². The van der Waals surface area contributed by atoms with Crippen LogP contribution in [-0.4, -0.2) is 19.6 Å². The minimum Gasteiger partial charge on any atom is -0.484 e. The Balaban J connectivity index is 2.60. The third kappa shape index (κ3) is 2.65. The number of benzene rings is 1. The fourth-order valence-electron chi connectivity index (χ4n) is 0.959. The highest BCUT2D eigenvalue weighted by Crippen LogP contribution is 2.18. The largest absolute Gasteiger partial charge is 0.484 e. The molecular weight excluding hydrogens is 180 g/mol. The zero-order chi connectivity index (χ0) is 10.6. The molecule has 3 N–H and O–H groups in total. The normalized spacial score (nSPS) is 9.57. The van der Waals surface area contributed by atoms with Crippen molar-refractivity contribution in [1.82, 2.24) is 5.32 Å². The summed E-state index contributed by atoms with van der Waals surface area (Å²) in [6.07, 6.45) is 0. The highest BCUT2D eigenvalue weighted by atomic mass is 16.5. The maximum absolute atomic E-state index is 10.9. The Hall–Kier alpha value is -1.71. The van der Waals surface area contributed by atoms with Crippen molar-refractivity contribution in [3.05, 3.63) is 23.8 Å². The first-order valence-electron chi connectivity index (χ1n) is 4.33. The highest BCUT2D eigenvalue weighted by molar-refractivity contribution is 5.77. The second kappa shape index (κ2) is 4.50. The number of hydrogen-bond acceptors (Lipinski definition) is 3. The molecule has 0 saturated carbocycles. The third-order valence-electron chi connectivity index (χ3n) is 1.89. The predicted molar refractivity (Wildman–Crippen MR) is 55.2 cm³/mol. The number of carbonyl (C=O) groups is 1. The summed E-state index contributed by atoms with van der Waals surface area (Å²) in [6, 6.07) is 5.30. The Morgan fingerprint density at radius 1 is 1.57 bits per heavy atom. The standard InChI is InChI=1S/C10H14N2O2/c1-7-5-8(3-4-9(7)11)14-6-10(13)12-2/h3-5H,6,11H2,1-2H3,(H,12,13). The summed E-state index contributed by atoms with van der Waals surface area (Å²) < 4.78 is 5.23. The van der Waals surface area contributed by atoms with Gasteiger partial charge in [-0.05, 0) is 30.7 Å². The smallest absolute Gasteiger partial charge is 0.257 e. The highest BCUT2D eigenvalue weighted by Gasteiger charge is 2.00. The van der Waals surface area contributed by atoms with Crippen LogP contribution in [0.5, 0.6) is 5.75 Å². The van der Waals surface area contributed by atoms with Gasteiger partial charge in [-0.2, -0.15) is 0 Å². The molecule has 0 spiro atoms. The number of amides is 1. The van der Waals surface area contributed by atoms with E-state index in [1.54, 1.807) is 25.2 Å². The molecule has 0 aromatic heterocycles. The monoisotopic (exact) mass is 194 g/mol. The third-order valence-corrected chi connectivity index (χ3v) is 1.89. The van der Waals surface area contributed by atoms with Gasteiger partial charge < -0.3 is 15.8 Å². The number of hydrogen-bond donors (Lipinski definition) is 2. The number of nitrogen functional groups attached to an aromatic ring is 1. The van der Waals surface area contributed by atoms with E-state index in [1.165, 1.54) is 0 Å². The average molecular weight is 194 g/mol. The van der Waals surface area contributed by atoms with Crippen LogP contribution < -0.4 is 15.8 Å². The van der Waals surface area contributed by atoms with Crippen molar-refractivity contribution in [2.24, 2.45) is 0 Å². The van der Waals surface area contributed by atoms with Gasteiger partial charge in [0, 0.05) is 12.7 Å². The second-order valence-corrected chi connectivity index (χ2v) is 2.98. The first-order valence-corrected chi connectivity index (χ1v) is 4.33. The number of ether oxygens (including phenoxy) is 1. The van der Waals surface area contributed by atoms with Crippen molar-refractivity contribution in [3.63, 3.8) is 0 Å². The van der Waals surface area contributed by atoms with Gasteiger partial charge >= 0.3 is 0 Å². The van der Waals surface area contributed by atoms with E-state index in [0.29, 0.717) is 5.75 Å². The molecule has 4 nitrogen and oxygen atoms in total. The van der Waals surface area contributed by atoms with Gasteiger partial charge in [0.1, 0.15) is 5.75 Å². The van der Waals surface area contributed by atoms with Crippen molar-refractivity contribution in [3.8, 4) is 5.75 Å². The Morgan fingerprint density at radius 2 is 2.29 bits per heavy atom. The number of nitrogens with one attached hydrogen (secondary N) is 1. The van der Waals surface area contributed by atoms with E-state index in [1.807, 2.05) is 6.92 Å². The first-order chi connectivity index (χ1) is 6.63. The molecule has 1 amide bonds. The van der Waals surface area contributed by atoms with Crippen LogP contribution in [0.15, 0.2) is 18.2 Å². The number of rotatable bonds is 3. The first kappa shape index (κ1) is 10.4. The van der Waals surface area contributed by atoms with Gasteiger partial charge in [0.15, 0.2) is 6.61 Å². The summed E-state index contributed by atoms with van der Waals surface area (Å²) in [5.41, 5.74) is 7.30. The van der Waals surface area contributed by atoms with Gasteiger partial charge in [0.2, 0.25) is 0 Å². The Kier molecular flexibility index (Phi) is 3.34. The molecule has 0 aliphatic rings. The van der Waals surface area contributed by atoms with E-state index < -0.39 is 0 Å². The van der Waals surface area contributed by atoms with Crippen molar-refractivity contribution < 1.29 is 9.53 Å². The fourth-order valence-corrected chi connectivity index (χ4v) is 0.959. The fraction of sp³-hybridized carbons (Fsp3) is 0.300. The second-order valence-electron chi connectivity index (χ2n) is 2.98. The lowest BCUT2D eigenvalue weighted by Gasteiger charge is -2.06. The van der Waals surface area contributed by atoms with Crippen LogP contribution >= 0.6 is 0 Å². The van der Waals surface area contributed by atoms with Crippen molar-refractivity contribution in [2.75, 3.05) is 19.4 Å². The van der Waals surface area contributed by atoms with Crippen molar-refractivity contribution in [2.45, 2.75) is 6.92 Å². The summed E-state index contributed by atoms with van der Waals surface area (Å²) in [4.78, 5) is 10.9. The quantitative estimate of drug-likeness (QED) is 0.696. The molecule has 0 atom stereocenters. The van der Waals surface area contributed by atoms with Gasteiger partial charge in [-0.3, -0.25) is 4.79 Å². The van der Waals surface area contributed by atoms with E-state index in [9.17, 15) is 4.79 Å². The van der Waals surface area contributed by atoms with E-state index in [4.69, 9.17) is 10.5 Å². The number of aryl methyl sites for hydroxylation is 1. The topological polar surface area (TPSA) is 64.3 Å². The summed E-state index contributed by atoms with van der Waals surface area (Å²) in [5, 5.41) is 2.47.